The number of rotatable bonds is 5. The SMILES string of the molecule is Cc1nc(/C=C/C(=O)N[C@H](C(=O)O)[C@@H](C)O)cs1. The number of aliphatic hydroxyl groups is 1. The first-order valence-corrected chi connectivity index (χ1v) is 6.09. The molecule has 0 spiro atoms. The molecule has 98 valence electrons. The number of nitrogens with zero attached hydrogens (tertiary/aromatic N) is 1. The van der Waals surface area contributed by atoms with E-state index in [2.05, 4.69) is 10.3 Å². The third-order valence-electron chi connectivity index (χ3n) is 2.09. The van der Waals surface area contributed by atoms with Crippen LogP contribution < -0.4 is 5.32 Å². The van der Waals surface area contributed by atoms with Gasteiger partial charge < -0.3 is 15.5 Å². The van der Waals surface area contributed by atoms with Crippen LogP contribution in [0.3, 0.4) is 0 Å². The lowest BCUT2D eigenvalue weighted by Gasteiger charge is -2.15. The van der Waals surface area contributed by atoms with Crippen LogP contribution in [0.15, 0.2) is 11.5 Å². The summed E-state index contributed by atoms with van der Waals surface area (Å²) in [5, 5.41) is 22.8. The summed E-state index contributed by atoms with van der Waals surface area (Å²) in [6, 6.07) is -1.32. The van der Waals surface area contributed by atoms with Crippen molar-refractivity contribution in [1.29, 1.82) is 0 Å². The van der Waals surface area contributed by atoms with Gasteiger partial charge in [0.05, 0.1) is 16.8 Å². The molecule has 7 heteroatoms. The van der Waals surface area contributed by atoms with Gasteiger partial charge in [0.25, 0.3) is 0 Å². The number of thiazole rings is 1. The maximum Gasteiger partial charge on any atom is 0.328 e. The third-order valence-corrected chi connectivity index (χ3v) is 2.88. The molecule has 0 fully saturated rings. The van der Waals surface area contributed by atoms with E-state index in [-0.39, 0.29) is 0 Å². The summed E-state index contributed by atoms with van der Waals surface area (Å²) in [5.41, 5.74) is 0.636. The smallest absolute Gasteiger partial charge is 0.328 e. The second-order valence-electron chi connectivity index (χ2n) is 3.69. The molecular formula is C11H14N2O4S. The molecule has 2 atom stereocenters. The fraction of sp³-hybridized carbons (Fsp3) is 0.364. The monoisotopic (exact) mass is 270 g/mol. The molecule has 0 saturated heterocycles. The molecule has 1 heterocycles. The average molecular weight is 270 g/mol. The lowest BCUT2D eigenvalue weighted by molar-refractivity contribution is -0.144. The summed E-state index contributed by atoms with van der Waals surface area (Å²) in [6.07, 6.45) is 1.51. The molecule has 18 heavy (non-hydrogen) atoms. The van der Waals surface area contributed by atoms with Gasteiger partial charge in [-0.15, -0.1) is 11.3 Å². The highest BCUT2D eigenvalue weighted by molar-refractivity contribution is 7.09. The number of hydrogen-bond acceptors (Lipinski definition) is 5. The van der Waals surface area contributed by atoms with Crippen molar-refractivity contribution in [3.8, 4) is 0 Å². The summed E-state index contributed by atoms with van der Waals surface area (Å²) in [5.74, 6) is -1.87. The van der Waals surface area contributed by atoms with Crippen LogP contribution in [0.2, 0.25) is 0 Å². The first-order valence-electron chi connectivity index (χ1n) is 5.21. The number of nitrogens with one attached hydrogen (secondary N) is 1. The number of aryl methyl sites for hydroxylation is 1. The molecule has 0 aromatic carbocycles. The Morgan fingerprint density at radius 2 is 2.22 bits per heavy atom. The normalized spacial score (nSPS) is 14.4. The highest BCUT2D eigenvalue weighted by Gasteiger charge is 2.23. The Morgan fingerprint density at radius 3 is 2.67 bits per heavy atom. The van der Waals surface area contributed by atoms with Gasteiger partial charge in [-0.25, -0.2) is 9.78 Å². The van der Waals surface area contributed by atoms with E-state index in [1.807, 2.05) is 6.92 Å². The van der Waals surface area contributed by atoms with Gasteiger partial charge in [0.2, 0.25) is 5.91 Å². The van der Waals surface area contributed by atoms with E-state index >= 15 is 0 Å². The van der Waals surface area contributed by atoms with Gasteiger partial charge in [-0.3, -0.25) is 4.79 Å². The number of carboxylic acid groups (broad SMARTS) is 1. The van der Waals surface area contributed by atoms with E-state index < -0.39 is 24.0 Å². The molecule has 0 saturated carbocycles. The van der Waals surface area contributed by atoms with E-state index in [1.54, 1.807) is 5.38 Å². The summed E-state index contributed by atoms with van der Waals surface area (Å²) < 4.78 is 0. The Hall–Kier alpha value is -1.73. The summed E-state index contributed by atoms with van der Waals surface area (Å²) in [4.78, 5) is 26.3. The molecular weight excluding hydrogens is 256 g/mol. The predicted molar refractivity (Wildman–Crippen MR) is 67.1 cm³/mol. The minimum absolute atomic E-state index is 0.589. The molecule has 0 unspecified atom stereocenters. The standard InChI is InChI=1S/C11H14N2O4S/c1-6(14)10(11(16)17)13-9(15)4-3-8-5-18-7(2)12-8/h3-6,10,14H,1-2H3,(H,13,15)(H,16,17)/b4-3+/t6-,10+/m1/s1. The second kappa shape index (κ2) is 6.27. The zero-order chi connectivity index (χ0) is 13.7. The number of aliphatic carboxylic acids is 1. The highest BCUT2D eigenvalue weighted by atomic mass is 32.1. The zero-order valence-electron chi connectivity index (χ0n) is 9.95. The Labute approximate surface area is 108 Å². The fourth-order valence-corrected chi connectivity index (χ4v) is 1.79. The number of carboxylic acids is 1. The number of aliphatic hydroxyl groups excluding tert-OH is 1. The highest BCUT2D eigenvalue weighted by Crippen LogP contribution is 2.09. The largest absolute Gasteiger partial charge is 0.480 e. The van der Waals surface area contributed by atoms with Gasteiger partial charge in [0, 0.05) is 11.5 Å². The summed E-state index contributed by atoms with van der Waals surface area (Å²) in [7, 11) is 0. The number of carbonyl (C=O) groups excluding carboxylic acids is 1. The maximum atomic E-state index is 11.4. The number of aromatic nitrogens is 1. The fourth-order valence-electron chi connectivity index (χ4n) is 1.21. The summed E-state index contributed by atoms with van der Waals surface area (Å²) >= 11 is 1.45. The van der Waals surface area contributed by atoms with Gasteiger partial charge in [0.1, 0.15) is 0 Å². The van der Waals surface area contributed by atoms with E-state index in [1.165, 1.54) is 30.4 Å². The zero-order valence-corrected chi connectivity index (χ0v) is 10.8. The van der Waals surface area contributed by atoms with Crippen molar-refractivity contribution in [3.63, 3.8) is 0 Å². The first-order chi connectivity index (χ1) is 8.40. The van der Waals surface area contributed by atoms with Crippen molar-refractivity contribution in [3.05, 3.63) is 22.2 Å². The predicted octanol–water partition coefficient (Wildman–Crippen LogP) is 0.415. The molecule has 0 radical (unpaired) electrons. The van der Waals surface area contributed by atoms with Crippen molar-refractivity contribution in [1.82, 2.24) is 10.3 Å². The van der Waals surface area contributed by atoms with Crippen LogP contribution in [0.5, 0.6) is 0 Å². The van der Waals surface area contributed by atoms with Crippen LogP contribution in [0.4, 0.5) is 0 Å². The van der Waals surface area contributed by atoms with Crippen molar-refractivity contribution in [2.45, 2.75) is 26.0 Å². The van der Waals surface area contributed by atoms with Gasteiger partial charge in [0.15, 0.2) is 6.04 Å². The second-order valence-corrected chi connectivity index (χ2v) is 4.75. The maximum absolute atomic E-state index is 11.4. The Bertz CT molecular complexity index is 467. The number of amides is 1. The van der Waals surface area contributed by atoms with Crippen LogP contribution in [-0.2, 0) is 9.59 Å². The molecule has 1 aromatic rings. The van der Waals surface area contributed by atoms with E-state index in [0.717, 1.165) is 5.01 Å². The van der Waals surface area contributed by atoms with Gasteiger partial charge >= 0.3 is 5.97 Å². The van der Waals surface area contributed by atoms with Crippen molar-refractivity contribution in [2.24, 2.45) is 0 Å². The van der Waals surface area contributed by atoms with Crippen LogP contribution >= 0.6 is 11.3 Å². The van der Waals surface area contributed by atoms with E-state index in [9.17, 15) is 14.7 Å². The number of hydrogen-bond donors (Lipinski definition) is 3. The molecule has 1 amide bonds. The first kappa shape index (κ1) is 14.3. The van der Waals surface area contributed by atoms with Crippen molar-refractivity contribution < 1.29 is 19.8 Å². The molecule has 0 aliphatic carbocycles. The molecule has 6 nitrogen and oxygen atoms in total. The van der Waals surface area contributed by atoms with Crippen molar-refractivity contribution in [2.75, 3.05) is 0 Å². The van der Waals surface area contributed by atoms with Gasteiger partial charge in [-0.2, -0.15) is 0 Å². The topological polar surface area (TPSA) is 99.5 Å². The van der Waals surface area contributed by atoms with Gasteiger partial charge in [-0.05, 0) is 19.9 Å². The lowest BCUT2D eigenvalue weighted by atomic mass is 10.2. The Balaban J connectivity index is 2.60. The number of carbonyl (C=O) groups is 2. The molecule has 0 aliphatic rings. The van der Waals surface area contributed by atoms with Crippen LogP contribution in [-0.4, -0.2) is 39.2 Å². The molecule has 0 bridgehead atoms. The quantitative estimate of drug-likeness (QED) is 0.673. The lowest BCUT2D eigenvalue weighted by Crippen LogP contribution is -2.47. The Morgan fingerprint density at radius 1 is 1.56 bits per heavy atom. The van der Waals surface area contributed by atoms with Crippen LogP contribution in [0.25, 0.3) is 6.08 Å². The molecule has 1 rings (SSSR count). The average Bonchev–Trinajstić information content (AvgIpc) is 2.68. The van der Waals surface area contributed by atoms with Crippen molar-refractivity contribution >= 4 is 29.3 Å². The van der Waals surface area contributed by atoms with E-state index in [4.69, 9.17) is 5.11 Å². The summed E-state index contributed by atoms with van der Waals surface area (Å²) in [6.45, 7) is 3.14. The van der Waals surface area contributed by atoms with Gasteiger partial charge in [-0.1, -0.05) is 0 Å². The third kappa shape index (κ3) is 4.27. The molecule has 3 N–H and O–H groups in total. The van der Waals surface area contributed by atoms with Crippen LogP contribution in [0, 0.1) is 6.92 Å². The minimum atomic E-state index is -1.32. The Kier molecular flexibility index (Phi) is 4.99. The van der Waals surface area contributed by atoms with E-state index in [0.29, 0.717) is 5.69 Å². The molecule has 0 aliphatic heterocycles. The molecule has 1 aromatic heterocycles. The van der Waals surface area contributed by atoms with Crippen LogP contribution in [0.1, 0.15) is 17.6 Å². The minimum Gasteiger partial charge on any atom is -0.480 e.